The predicted octanol–water partition coefficient (Wildman–Crippen LogP) is 1.98. The summed E-state index contributed by atoms with van der Waals surface area (Å²) >= 11 is 3.19. The van der Waals surface area contributed by atoms with Crippen molar-refractivity contribution < 1.29 is 14.6 Å². The lowest BCUT2D eigenvalue weighted by Gasteiger charge is -2.24. The fraction of sp³-hybridized carbons (Fsp3) is 0.500. The lowest BCUT2D eigenvalue weighted by Crippen LogP contribution is -2.41. The molecule has 0 fully saturated rings. The van der Waals surface area contributed by atoms with E-state index >= 15 is 0 Å². The van der Waals surface area contributed by atoms with Crippen molar-refractivity contribution >= 4 is 15.9 Å². The number of aliphatic hydroxyl groups is 2. The zero-order valence-electron chi connectivity index (χ0n) is 9.87. The Labute approximate surface area is 109 Å². The summed E-state index contributed by atoms with van der Waals surface area (Å²) in [6.45, 7) is 3.18. The third kappa shape index (κ3) is 4.35. The van der Waals surface area contributed by atoms with E-state index in [4.69, 9.17) is 5.11 Å². The quantitative estimate of drug-likeness (QED) is 0.780. The van der Waals surface area contributed by atoms with Gasteiger partial charge in [0.1, 0.15) is 5.82 Å². The first-order chi connectivity index (χ1) is 7.85. The highest BCUT2D eigenvalue weighted by Gasteiger charge is 2.20. The first-order valence-electron chi connectivity index (χ1n) is 5.37. The number of rotatable bonds is 5. The summed E-state index contributed by atoms with van der Waals surface area (Å²) in [4.78, 5) is 0. The Morgan fingerprint density at radius 1 is 1.53 bits per heavy atom. The van der Waals surface area contributed by atoms with Gasteiger partial charge in [0.15, 0.2) is 0 Å². The molecular formula is C12H17BrFNO2. The molecule has 0 saturated heterocycles. The van der Waals surface area contributed by atoms with Crippen molar-refractivity contribution in [2.75, 3.05) is 13.2 Å². The zero-order chi connectivity index (χ0) is 13.1. The molecule has 0 radical (unpaired) electrons. The van der Waals surface area contributed by atoms with E-state index in [9.17, 15) is 9.50 Å². The molecular weight excluding hydrogens is 289 g/mol. The number of nitrogens with one attached hydrogen (secondary N) is 1. The second kappa shape index (κ2) is 5.91. The normalized spacial score (nSPS) is 16.6. The van der Waals surface area contributed by atoms with Gasteiger partial charge in [-0.15, -0.1) is 0 Å². The smallest absolute Gasteiger partial charge is 0.129 e. The van der Waals surface area contributed by atoms with Crippen molar-refractivity contribution in [3.63, 3.8) is 0 Å². The Bertz CT molecular complexity index is 385. The molecule has 0 bridgehead atoms. The van der Waals surface area contributed by atoms with Gasteiger partial charge in [-0.3, -0.25) is 0 Å². The number of halogens is 2. The van der Waals surface area contributed by atoms with Gasteiger partial charge in [0.2, 0.25) is 0 Å². The molecule has 2 atom stereocenters. The molecule has 3 N–H and O–H groups in total. The van der Waals surface area contributed by atoms with Crippen molar-refractivity contribution in [1.29, 1.82) is 0 Å². The van der Waals surface area contributed by atoms with Gasteiger partial charge in [0.25, 0.3) is 0 Å². The van der Waals surface area contributed by atoms with E-state index in [0.29, 0.717) is 10.0 Å². The van der Waals surface area contributed by atoms with Gasteiger partial charge in [-0.2, -0.15) is 0 Å². The van der Waals surface area contributed by atoms with Crippen LogP contribution < -0.4 is 5.32 Å². The van der Waals surface area contributed by atoms with Gasteiger partial charge in [0.05, 0.1) is 12.2 Å². The number of aliphatic hydroxyl groups excluding tert-OH is 1. The first-order valence-corrected chi connectivity index (χ1v) is 6.16. The van der Waals surface area contributed by atoms with E-state index in [0.717, 1.165) is 0 Å². The van der Waals surface area contributed by atoms with Crippen LogP contribution in [0.15, 0.2) is 22.7 Å². The fourth-order valence-corrected chi connectivity index (χ4v) is 1.72. The third-order valence-electron chi connectivity index (χ3n) is 2.56. The maximum absolute atomic E-state index is 13.6. The molecule has 1 rings (SSSR count). The van der Waals surface area contributed by atoms with Crippen LogP contribution in [0.2, 0.25) is 0 Å². The molecule has 0 spiro atoms. The number of hydrogen-bond acceptors (Lipinski definition) is 3. The summed E-state index contributed by atoms with van der Waals surface area (Å²) in [5.74, 6) is -0.303. The maximum Gasteiger partial charge on any atom is 0.129 e. The first kappa shape index (κ1) is 14.6. The summed E-state index contributed by atoms with van der Waals surface area (Å²) in [6, 6.07) is 4.62. The fourth-order valence-electron chi connectivity index (χ4n) is 1.39. The largest absolute Gasteiger partial charge is 0.393 e. The van der Waals surface area contributed by atoms with Crippen LogP contribution in [0.4, 0.5) is 4.39 Å². The van der Waals surface area contributed by atoms with Crippen LogP contribution >= 0.6 is 15.9 Å². The maximum atomic E-state index is 13.6. The monoisotopic (exact) mass is 305 g/mol. The average Bonchev–Trinajstić information content (AvgIpc) is 2.26. The predicted molar refractivity (Wildman–Crippen MR) is 68.2 cm³/mol. The number of hydrogen-bond donors (Lipinski definition) is 3. The highest BCUT2D eigenvalue weighted by molar-refractivity contribution is 9.10. The van der Waals surface area contributed by atoms with Crippen molar-refractivity contribution in [3.05, 3.63) is 34.1 Å². The molecule has 0 saturated carbocycles. The molecule has 0 aliphatic heterocycles. The Balaban J connectivity index is 2.67. The van der Waals surface area contributed by atoms with Crippen LogP contribution in [0.5, 0.6) is 0 Å². The molecule has 17 heavy (non-hydrogen) atoms. The van der Waals surface area contributed by atoms with Crippen LogP contribution in [0.1, 0.15) is 25.5 Å². The molecule has 0 amide bonds. The van der Waals surface area contributed by atoms with Crippen LogP contribution in [0, 0.1) is 5.82 Å². The summed E-state index contributed by atoms with van der Waals surface area (Å²) in [5.41, 5.74) is -0.665. The Morgan fingerprint density at radius 3 is 2.71 bits per heavy atom. The Kier molecular flexibility index (Phi) is 5.06. The minimum atomic E-state index is -1.19. The summed E-state index contributed by atoms with van der Waals surface area (Å²) < 4.78 is 14.3. The second-order valence-electron chi connectivity index (χ2n) is 4.42. The van der Waals surface area contributed by atoms with Gasteiger partial charge in [-0.05, 0) is 26.0 Å². The standard InChI is InChI=1S/C12H17BrFNO2/c1-8(15-6-12(2,17)7-16)10-4-3-9(13)5-11(10)14/h3-5,8,15-17H,6-7H2,1-2H3. The summed E-state index contributed by atoms with van der Waals surface area (Å²) in [5, 5.41) is 21.5. The average molecular weight is 306 g/mol. The topological polar surface area (TPSA) is 52.5 Å². The minimum Gasteiger partial charge on any atom is -0.393 e. The molecule has 1 aromatic carbocycles. The molecule has 2 unspecified atom stereocenters. The van der Waals surface area contributed by atoms with Crippen LogP contribution in [-0.2, 0) is 0 Å². The van der Waals surface area contributed by atoms with Crippen molar-refractivity contribution in [1.82, 2.24) is 5.32 Å². The van der Waals surface area contributed by atoms with Gasteiger partial charge >= 0.3 is 0 Å². The third-order valence-corrected chi connectivity index (χ3v) is 3.05. The van der Waals surface area contributed by atoms with Crippen LogP contribution in [0.3, 0.4) is 0 Å². The zero-order valence-corrected chi connectivity index (χ0v) is 11.5. The molecule has 0 heterocycles. The van der Waals surface area contributed by atoms with E-state index in [1.54, 1.807) is 19.1 Å². The molecule has 0 aromatic heterocycles. The van der Waals surface area contributed by atoms with Crippen LogP contribution in [-0.4, -0.2) is 29.0 Å². The summed E-state index contributed by atoms with van der Waals surface area (Å²) in [7, 11) is 0. The molecule has 1 aromatic rings. The lowest BCUT2D eigenvalue weighted by molar-refractivity contribution is 0.000989. The molecule has 96 valence electrons. The van der Waals surface area contributed by atoms with Gasteiger partial charge in [0, 0.05) is 22.6 Å². The van der Waals surface area contributed by atoms with E-state index in [1.165, 1.54) is 13.0 Å². The summed E-state index contributed by atoms with van der Waals surface area (Å²) in [6.07, 6.45) is 0. The Morgan fingerprint density at radius 2 is 2.18 bits per heavy atom. The lowest BCUT2D eigenvalue weighted by atomic mass is 10.1. The Hall–Kier alpha value is -0.490. The SMILES string of the molecule is CC(NCC(C)(O)CO)c1ccc(Br)cc1F. The van der Waals surface area contributed by atoms with Crippen molar-refractivity contribution in [3.8, 4) is 0 Å². The van der Waals surface area contributed by atoms with E-state index in [1.807, 2.05) is 0 Å². The van der Waals surface area contributed by atoms with E-state index < -0.39 is 5.60 Å². The molecule has 0 aliphatic carbocycles. The van der Waals surface area contributed by atoms with Crippen LogP contribution in [0.25, 0.3) is 0 Å². The number of benzene rings is 1. The highest BCUT2D eigenvalue weighted by Crippen LogP contribution is 2.21. The van der Waals surface area contributed by atoms with Gasteiger partial charge in [-0.1, -0.05) is 22.0 Å². The van der Waals surface area contributed by atoms with Gasteiger partial charge in [-0.25, -0.2) is 4.39 Å². The minimum absolute atomic E-state index is 0.195. The molecule has 3 nitrogen and oxygen atoms in total. The van der Waals surface area contributed by atoms with Crippen molar-refractivity contribution in [2.24, 2.45) is 0 Å². The molecule has 0 aliphatic rings. The highest BCUT2D eigenvalue weighted by atomic mass is 79.9. The second-order valence-corrected chi connectivity index (χ2v) is 5.34. The van der Waals surface area contributed by atoms with Gasteiger partial charge < -0.3 is 15.5 Å². The van der Waals surface area contributed by atoms with E-state index in [-0.39, 0.29) is 25.0 Å². The van der Waals surface area contributed by atoms with Crippen molar-refractivity contribution in [2.45, 2.75) is 25.5 Å². The van der Waals surface area contributed by atoms with E-state index in [2.05, 4.69) is 21.2 Å². The molecule has 5 heteroatoms.